The molecule has 0 spiro atoms. The van der Waals surface area contributed by atoms with Crippen LogP contribution < -0.4 is 14.8 Å². The fourth-order valence-corrected chi connectivity index (χ4v) is 2.70. The van der Waals surface area contributed by atoms with Crippen LogP contribution in [0.4, 0.5) is 5.69 Å². The van der Waals surface area contributed by atoms with Crippen molar-refractivity contribution in [1.82, 2.24) is 0 Å². The minimum absolute atomic E-state index is 0.125. The molecular weight excluding hydrogens is 396 g/mol. The fraction of sp³-hybridized carbons (Fsp3) is 0.292. The molecule has 0 unspecified atom stereocenters. The van der Waals surface area contributed by atoms with E-state index in [4.69, 9.17) is 14.2 Å². The summed E-state index contributed by atoms with van der Waals surface area (Å²) in [7, 11) is 1.53. The van der Waals surface area contributed by atoms with Crippen LogP contribution in [0, 0.1) is 11.3 Å². The molecule has 0 atom stereocenters. The quantitative estimate of drug-likeness (QED) is 0.260. The van der Waals surface area contributed by atoms with E-state index < -0.39 is 11.9 Å². The number of anilines is 1. The Hall–Kier alpha value is -3.79. The van der Waals surface area contributed by atoms with Gasteiger partial charge in [0.2, 0.25) is 0 Å². The Morgan fingerprint density at radius 3 is 2.58 bits per heavy atom. The maximum absolute atomic E-state index is 12.7. The predicted octanol–water partition coefficient (Wildman–Crippen LogP) is 4.60. The van der Waals surface area contributed by atoms with Crippen LogP contribution in [0.2, 0.25) is 0 Å². The number of para-hydroxylation sites is 1. The van der Waals surface area contributed by atoms with Crippen LogP contribution in [0.15, 0.2) is 48.0 Å². The van der Waals surface area contributed by atoms with E-state index in [0.717, 1.165) is 12.8 Å². The van der Waals surface area contributed by atoms with E-state index in [1.165, 1.54) is 13.2 Å². The Morgan fingerprint density at radius 1 is 1.13 bits per heavy atom. The lowest BCUT2D eigenvalue weighted by Gasteiger charge is -2.11. The van der Waals surface area contributed by atoms with Gasteiger partial charge in [-0.05, 0) is 49.2 Å². The lowest BCUT2D eigenvalue weighted by molar-refractivity contribution is -0.112. The lowest BCUT2D eigenvalue weighted by atomic mass is 10.1. The van der Waals surface area contributed by atoms with Crippen molar-refractivity contribution in [3.8, 4) is 17.6 Å². The van der Waals surface area contributed by atoms with Crippen LogP contribution >= 0.6 is 0 Å². The molecule has 0 aliphatic rings. The maximum atomic E-state index is 12.7. The van der Waals surface area contributed by atoms with Crippen molar-refractivity contribution >= 4 is 23.6 Å². The van der Waals surface area contributed by atoms with Gasteiger partial charge in [0.15, 0.2) is 11.5 Å². The van der Waals surface area contributed by atoms with Gasteiger partial charge >= 0.3 is 5.97 Å². The number of methoxy groups -OCH3 is 1. The molecule has 0 aliphatic carbocycles. The average molecular weight is 422 g/mol. The number of rotatable bonds is 10. The van der Waals surface area contributed by atoms with Gasteiger partial charge in [-0.15, -0.1) is 0 Å². The molecule has 162 valence electrons. The number of esters is 1. The second-order valence-corrected chi connectivity index (χ2v) is 6.50. The second kappa shape index (κ2) is 12.0. The summed E-state index contributed by atoms with van der Waals surface area (Å²) in [5.74, 6) is -0.0830. The number of nitrogens with one attached hydrogen (secondary N) is 1. The largest absolute Gasteiger partial charge is 0.493 e. The van der Waals surface area contributed by atoms with E-state index in [-0.39, 0.29) is 23.4 Å². The number of benzene rings is 2. The predicted molar refractivity (Wildman–Crippen MR) is 118 cm³/mol. The highest BCUT2D eigenvalue weighted by atomic mass is 16.5. The summed E-state index contributed by atoms with van der Waals surface area (Å²) >= 11 is 0. The standard InChI is InChI=1S/C24H26N2O5/c1-4-6-13-31-21-12-11-17(15-22(21)29-3)14-18(16-25)23(27)26-20-10-8-7-9-19(20)24(28)30-5-2/h7-12,14-15H,4-6,13H2,1-3H3,(H,26,27)/b18-14+. The van der Waals surface area contributed by atoms with Gasteiger partial charge in [0.05, 0.1) is 31.6 Å². The normalized spacial score (nSPS) is 10.7. The minimum atomic E-state index is -0.638. The van der Waals surface area contributed by atoms with Crippen molar-refractivity contribution in [3.05, 3.63) is 59.2 Å². The summed E-state index contributed by atoms with van der Waals surface area (Å²) in [6.45, 7) is 4.57. The molecule has 0 bridgehead atoms. The van der Waals surface area contributed by atoms with Gasteiger partial charge in [-0.1, -0.05) is 31.5 Å². The number of hydrogen-bond acceptors (Lipinski definition) is 6. The second-order valence-electron chi connectivity index (χ2n) is 6.50. The number of nitriles is 1. The topological polar surface area (TPSA) is 97.7 Å². The van der Waals surface area contributed by atoms with E-state index in [2.05, 4.69) is 12.2 Å². The highest BCUT2D eigenvalue weighted by Gasteiger charge is 2.16. The molecule has 31 heavy (non-hydrogen) atoms. The van der Waals surface area contributed by atoms with Crippen molar-refractivity contribution in [2.45, 2.75) is 26.7 Å². The maximum Gasteiger partial charge on any atom is 0.340 e. The van der Waals surface area contributed by atoms with Crippen LogP contribution in [0.1, 0.15) is 42.6 Å². The van der Waals surface area contributed by atoms with Crippen molar-refractivity contribution in [2.75, 3.05) is 25.6 Å². The molecule has 0 heterocycles. The molecule has 0 saturated heterocycles. The van der Waals surface area contributed by atoms with Gasteiger partial charge in [-0.25, -0.2) is 4.79 Å². The number of nitrogens with zero attached hydrogens (tertiary/aromatic N) is 1. The van der Waals surface area contributed by atoms with Gasteiger partial charge < -0.3 is 19.5 Å². The summed E-state index contributed by atoms with van der Waals surface area (Å²) in [6.07, 6.45) is 3.39. The Morgan fingerprint density at radius 2 is 1.90 bits per heavy atom. The Bertz CT molecular complexity index is 992. The molecule has 2 aromatic carbocycles. The number of carbonyl (C=O) groups is 2. The van der Waals surface area contributed by atoms with E-state index in [1.807, 2.05) is 6.07 Å². The first kappa shape index (κ1) is 23.5. The van der Waals surface area contributed by atoms with E-state index in [1.54, 1.807) is 49.4 Å². The van der Waals surface area contributed by atoms with Crippen molar-refractivity contribution in [3.63, 3.8) is 0 Å². The Balaban J connectivity index is 2.23. The summed E-state index contributed by atoms with van der Waals surface area (Å²) in [4.78, 5) is 24.8. The summed E-state index contributed by atoms with van der Waals surface area (Å²) < 4.78 is 16.1. The summed E-state index contributed by atoms with van der Waals surface area (Å²) in [5.41, 5.74) is 0.958. The zero-order chi connectivity index (χ0) is 22.6. The fourth-order valence-electron chi connectivity index (χ4n) is 2.70. The minimum Gasteiger partial charge on any atom is -0.493 e. The van der Waals surface area contributed by atoms with Crippen LogP contribution in [0.25, 0.3) is 6.08 Å². The molecule has 0 radical (unpaired) electrons. The zero-order valence-corrected chi connectivity index (χ0v) is 17.9. The summed E-state index contributed by atoms with van der Waals surface area (Å²) in [6, 6.07) is 13.5. The molecule has 0 aromatic heterocycles. The van der Waals surface area contributed by atoms with Crippen LogP contribution in [0.3, 0.4) is 0 Å². The number of unbranched alkanes of at least 4 members (excludes halogenated alkanes) is 1. The average Bonchev–Trinajstić information content (AvgIpc) is 2.78. The molecule has 0 aliphatic heterocycles. The molecule has 1 N–H and O–H groups in total. The molecule has 2 rings (SSSR count). The number of ether oxygens (including phenoxy) is 3. The first-order chi connectivity index (χ1) is 15.0. The van der Waals surface area contributed by atoms with E-state index in [9.17, 15) is 14.9 Å². The van der Waals surface area contributed by atoms with Gasteiger partial charge in [0.1, 0.15) is 11.6 Å². The van der Waals surface area contributed by atoms with Crippen molar-refractivity contribution in [2.24, 2.45) is 0 Å². The highest BCUT2D eigenvalue weighted by molar-refractivity contribution is 6.12. The third-order valence-corrected chi connectivity index (χ3v) is 4.29. The number of amides is 1. The highest BCUT2D eigenvalue weighted by Crippen LogP contribution is 2.29. The third kappa shape index (κ3) is 6.61. The first-order valence-electron chi connectivity index (χ1n) is 10.0. The molecule has 7 nitrogen and oxygen atoms in total. The monoisotopic (exact) mass is 422 g/mol. The van der Waals surface area contributed by atoms with Gasteiger partial charge in [-0.2, -0.15) is 5.26 Å². The van der Waals surface area contributed by atoms with Gasteiger partial charge in [-0.3, -0.25) is 4.79 Å². The van der Waals surface area contributed by atoms with Crippen molar-refractivity contribution < 1.29 is 23.8 Å². The van der Waals surface area contributed by atoms with Crippen LogP contribution in [0.5, 0.6) is 11.5 Å². The van der Waals surface area contributed by atoms with Crippen molar-refractivity contribution in [1.29, 1.82) is 5.26 Å². The Labute approximate surface area is 182 Å². The van der Waals surface area contributed by atoms with Crippen LogP contribution in [-0.2, 0) is 9.53 Å². The molecule has 1 amide bonds. The van der Waals surface area contributed by atoms with Gasteiger partial charge in [0, 0.05) is 0 Å². The first-order valence-corrected chi connectivity index (χ1v) is 10.0. The lowest BCUT2D eigenvalue weighted by Crippen LogP contribution is -2.17. The molecule has 0 saturated carbocycles. The smallest absolute Gasteiger partial charge is 0.340 e. The number of carbonyl (C=O) groups excluding carboxylic acids is 2. The number of hydrogen-bond donors (Lipinski definition) is 1. The van der Waals surface area contributed by atoms with E-state index >= 15 is 0 Å². The molecule has 2 aromatic rings. The Kier molecular flexibility index (Phi) is 9.12. The van der Waals surface area contributed by atoms with Crippen LogP contribution in [-0.4, -0.2) is 32.2 Å². The summed E-state index contributed by atoms with van der Waals surface area (Å²) in [5, 5.41) is 12.1. The SMILES string of the molecule is CCCCOc1ccc(/C=C(\C#N)C(=O)Nc2ccccc2C(=O)OCC)cc1OC. The van der Waals surface area contributed by atoms with E-state index in [0.29, 0.717) is 23.7 Å². The molecule has 0 fully saturated rings. The molecule has 7 heteroatoms. The van der Waals surface area contributed by atoms with Gasteiger partial charge in [0.25, 0.3) is 5.91 Å². The zero-order valence-electron chi connectivity index (χ0n) is 17.9. The third-order valence-electron chi connectivity index (χ3n) is 4.29. The molecular formula is C24H26N2O5.